The van der Waals surface area contributed by atoms with Gasteiger partial charge in [-0.05, 0) is 30.3 Å². The van der Waals surface area contributed by atoms with Gasteiger partial charge in [0.1, 0.15) is 17.5 Å². The Morgan fingerprint density at radius 3 is 2.33 bits per heavy atom. The molecule has 0 atom stereocenters. The topological polar surface area (TPSA) is 92.3 Å². The van der Waals surface area contributed by atoms with Crippen LogP contribution in [0, 0.1) is 17.5 Å². The molecule has 0 heterocycles. The van der Waals surface area contributed by atoms with Gasteiger partial charge in [0.15, 0.2) is 9.84 Å². The molecule has 0 aliphatic heterocycles. The number of halogens is 3. The zero-order valence-electron chi connectivity index (χ0n) is 14.1. The van der Waals surface area contributed by atoms with Crippen molar-refractivity contribution < 1.29 is 31.2 Å². The van der Waals surface area contributed by atoms with Crippen LogP contribution in [-0.4, -0.2) is 33.0 Å². The summed E-state index contributed by atoms with van der Waals surface area (Å²) in [6, 6.07) is 5.39. The van der Waals surface area contributed by atoms with E-state index in [1.165, 1.54) is 0 Å². The molecule has 144 valence electrons. The number of hydrogen-bond donors (Lipinski definition) is 2. The van der Waals surface area contributed by atoms with Crippen molar-refractivity contribution >= 4 is 27.3 Å². The Morgan fingerprint density at radius 1 is 1.00 bits per heavy atom. The molecule has 0 bridgehead atoms. The lowest BCUT2D eigenvalue weighted by atomic mass is 10.2. The minimum atomic E-state index is -3.58. The van der Waals surface area contributed by atoms with E-state index in [9.17, 15) is 31.2 Å². The van der Waals surface area contributed by atoms with Gasteiger partial charge in [-0.3, -0.25) is 9.59 Å². The molecule has 0 unspecified atom stereocenters. The fraction of sp³-hybridized carbons (Fsp3) is 0.176. The maximum absolute atomic E-state index is 13.7. The van der Waals surface area contributed by atoms with Gasteiger partial charge in [0.2, 0.25) is 5.91 Å². The Hall–Kier alpha value is -2.88. The van der Waals surface area contributed by atoms with Crippen LogP contribution in [0.5, 0.6) is 0 Å². The van der Waals surface area contributed by atoms with Gasteiger partial charge in [-0.25, -0.2) is 21.6 Å². The first kappa shape index (κ1) is 20.4. The van der Waals surface area contributed by atoms with E-state index in [2.05, 4.69) is 10.6 Å². The first-order chi connectivity index (χ1) is 12.6. The third-order valence-corrected chi connectivity index (χ3v) is 4.56. The molecule has 0 saturated carbocycles. The molecule has 2 rings (SSSR count). The average molecular weight is 400 g/mol. The molecule has 6 nitrogen and oxygen atoms in total. The lowest BCUT2D eigenvalue weighted by Gasteiger charge is -2.09. The Labute approximate surface area is 153 Å². The van der Waals surface area contributed by atoms with Crippen LogP contribution in [0.1, 0.15) is 16.8 Å². The molecule has 27 heavy (non-hydrogen) atoms. The highest BCUT2D eigenvalue weighted by Gasteiger charge is 2.15. The summed E-state index contributed by atoms with van der Waals surface area (Å²) < 4.78 is 63.0. The highest BCUT2D eigenvalue weighted by molar-refractivity contribution is 7.90. The van der Waals surface area contributed by atoms with E-state index in [1.54, 1.807) is 0 Å². The molecule has 0 radical (unpaired) electrons. The van der Waals surface area contributed by atoms with Crippen LogP contribution < -0.4 is 10.6 Å². The molecule has 2 amide bonds. The fourth-order valence-corrected chi connectivity index (χ4v) is 2.75. The summed E-state index contributed by atoms with van der Waals surface area (Å²) in [5.41, 5.74) is -0.706. The van der Waals surface area contributed by atoms with Gasteiger partial charge in [-0.2, -0.15) is 0 Å². The second-order valence-corrected chi connectivity index (χ2v) is 7.61. The predicted octanol–water partition coefficient (Wildman–Crippen LogP) is 2.27. The van der Waals surface area contributed by atoms with Crippen molar-refractivity contribution in [3.63, 3.8) is 0 Å². The van der Waals surface area contributed by atoms with Crippen molar-refractivity contribution in [3.8, 4) is 0 Å². The van der Waals surface area contributed by atoms with Crippen LogP contribution in [-0.2, 0) is 14.6 Å². The molecule has 2 N–H and O–H groups in total. The number of sulfone groups is 1. The molecule has 0 aliphatic carbocycles. The highest BCUT2D eigenvalue weighted by atomic mass is 32.2. The normalized spacial score (nSPS) is 11.1. The van der Waals surface area contributed by atoms with E-state index in [4.69, 9.17) is 0 Å². The second kappa shape index (κ2) is 8.21. The smallest absolute Gasteiger partial charge is 0.254 e. The van der Waals surface area contributed by atoms with E-state index in [0.29, 0.717) is 6.07 Å². The number of carbonyl (C=O) groups excluding carboxylic acids is 2. The first-order valence-electron chi connectivity index (χ1n) is 7.60. The minimum absolute atomic E-state index is 0.167. The van der Waals surface area contributed by atoms with Crippen molar-refractivity contribution in [2.75, 3.05) is 18.1 Å². The van der Waals surface area contributed by atoms with E-state index in [1.807, 2.05) is 0 Å². The van der Waals surface area contributed by atoms with Crippen LogP contribution in [0.2, 0.25) is 0 Å². The van der Waals surface area contributed by atoms with Gasteiger partial charge in [-0.1, -0.05) is 0 Å². The van der Waals surface area contributed by atoms with Crippen LogP contribution in [0.15, 0.2) is 41.3 Å². The van der Waals surface area contributed by atoms with Crippen molar-refractivity contribution in [2.24, 2.45) is 0 Å². The van der Waals surface area contributed by atoms with Gasteiger partial charge < -0.3 is 10.6 Å². The summed E-state index contributed by atoms with van der Waals surface area (Å²) in [6.45, 7) is -0.200. The number of rotatable bonds is 6. The molecule has 0 aromatic heterocycles. The van der Waals surface area contributed by atoms with Crippen LogP contribution in [0.4, 0.5) is 18.9 Å². The third-order valence-electron chi connectivity index (χ3n) is 3.45. The molecule has 0 spiro atoms. The number of benzene rings is 2. The van der Waals surface area contributed by atoms with Gasteiger partial charge in [-0.15, -0.1) is 0 Å². The Morgan fingerprint density at radius 2 is 1.70 bits per heavy atom. The van der Waals surface area contributed by atoms with E-state index in [-0.39, 0.29) is 29.1 Å². The molecule has 0 saturated heterocycles. The monoisotopic (exact) mass is 400 g/mol. The zero-order valence-corrected chi connectivity index (χ0v) is 14.9. The average Bonchev–Trinajstić information content (AvgIpc) is 2.55. The molecule has 2 aromatic rings. The number of amides is 2. The van der Waals surface area contributed by atoms with Crippen LogP contribution in [0.25, 0.3) is 0 Å². The zero-order chi connectivity index (χ0) is 20.2. The number of anilines is 1. The van der Waals surface area contributed by atoms with Gasteiger partial charge in [0.25, 0.3) is 5.91 Å². The third kappa shape index (κ3) is 5.55. The lowest BCUT2D eigenvalue weighted by molar-refractivity contribution is -0.116. The molecule has 0 fully saturated rings. The minimum Gasteiger partial charge on any atom is -0.351 e. The molecule has 10 heteroatoms. The maximum atomic E-state index is 13.7. The number of carbonyl (C=O) groups is 2. The van der Waals surface area contributed by atoms with Crippen LogP contribution in [0.3, 0.4) is 0 Å². The van der Waals surface area contributed by atoms with Gasteiger partial charge in [0.05, 0.1) is 16.1 Å². The van der Waals surface area contributed by atoms with Crippen molar-refractivity contribution in [2.45, 2.75) is 11.3 Å². The van der Waals surface area contributed by atoms with E-state index < -0.39 is 39.1 Å². The predicted molar refractivity (Wildman–Crippen MR) is 91.4 cm³/mol. The molecule has 0 aliphatic rings. The lowest BCUT2D eigenvalue weighted by Crippen LogP contribution is -2.28. The van der Waals surface area contributed by atoms with E-state index >= 15 is 0 Å². The Bertz CT molecular complexity index is 994. The maximum Gasteiger partial charge on any atom is 0.254 e. The summed E-state index contributed by atoms with van der Waals surface area (Å²) in [6.07, 6.45) is 0.660. The second-order valence-electron chi connectivity index (χ2n) is 5.59. The largest absolute Gasteiger partial charge is 0.351 e. The number of hydrogen-bond acceptors (Lipinski definition) is 4. The fourth-order valence-electron chi connectivity index (χ4n) is 2.10. The summed E-state index contributed by atoms with van der Waals surface area (Å²) in [4.78, 5) is 23.5. The van der Waals surface area contributed by atoms with Crippen molar-refractivity contribution in [3.05, 3.63) is 59.4 Å². The SMILES string of the molecule is CS(=O)(=O)c1ccc(F)c(NC(=O)CCNC(=O)c2ccc(F)cc2F)c1. The van der Waals surface area contributed by atoms with Gasteiger partial charge >= 0.3 is 0 Å². The molecular weight excluding hydrogens is 385 g/mol. The molecule has 2 aromatic carbocycles. The summed E-state index contributed by atoms with van der Waals surface area (Å²) in [5, 5.41) is 4.48. The standard InChI is InChI=1S/C17H15F3N2O4S/c1-27(25,26)11-3-5-13(19)15(9-11)22-16(23)6-7-21-17(24)12-4-2-10(18)8-14(12)20/h2-5,8-9H,6-7H2,1H3,(H,21,24)(H,22,23). The van der Waals surface area contributed by atoms with Crippen molar-refractivity contribution in [1.82, 2.24) is 5.32 Å². The number of nitrogens with one attached hydrogen (secondary N) is 2. The van der Waals surface area contributed by atoms with Crippen LogP contribution >= 0.6 is 0 Å². The highest BCUT2D eigenvalue weighted by Crippen LogP contribution is 2.19. The summed E-state index contributed by atoms with van der Waals surface area (Å²) >= 11 is 0. The Kier molecular flexibility index (Phi) is 6.21. The first-order valence-corrected chi connectivity index (χ1v) is 9.50. The van der Waals surface area contributed by atoms with E-state index in [0.717, 1.165) is 36.6 Å². The van der Waals surface area contributed by atoms with Gasteiger partial charge in [0, 0.05) is 25.3 Å². The molecular formula is C17H15F3N2O4S. The Balaban J connectivity index is 1.94. The van der Waals surface area contributed by atoms with Crippen molar-refractivity contribution in [1.29, 1.82) is 0 Å². The summed E-state index contributed by atoms with van der Waals surface area (Å²) in [5.74, 6) is -4.24. The quantitative estimate of drug-likeness (QED) is 0.728. The summed E-state index contributed by atoms with van der Waals surface area (Å²) in [7, 11) is -3.58.